The van der Waals surface area contributed by atoms with Gasteiger partial charge in [-0.25, -0.2) is 0 Å². The minimum Gasteiger partial charge on any atom is -0.416 e. The van der Waals surface area contributed by atoms with Crippen molar-refractivity contribution in [3.63, 3.8) is 0 Å². The standard InChI is InChI=1S/C13H14N4O4S/c1-2-3-12-15-16-13(21-12)22-8-11(18)14-9-4-6-10(7-5-9)17(19)20/h4-7H,2-3,8H2,1H3,(H,14,18). The van der Waals surface area contributed by atoms with Crippen LogP contribution in [0.5, 0.6) is 0 Å². The second-order valence-corrected chi connectivity index (χ2v) is 5.28. The lowest BCUT2D eigenvalue weighted by Crippen LogP contribution is -2.13. The van der Waals surface area contributed by atoms with E-state index in [9.17, 15) is 14.9 Å². The zero-order valence-electron chi connectivity index (χ0n) is 11.8. The lowest BCUT2D eigenvalue weighted by atomic mass is 10.3. The first kappa shape index (κ1) is 16.0. The Morgan fingerprint density at radius 3 is 2.73 bits per heavy atom. The molecule has 0 radical (unpaired) electrons. The van der Waals surface area contributed by atoms with Gasteiger partial charge in [0.2, 0.25) is 11.8 Å². The normalized spacial score (nSPS) is 10.4. The number of hydrogen-bond donors (Lipinski definition) is 1. The number of hydrogen-bond acceptors (Lipinski definition) is 7. The Labute approximate surface area is 130 Å². The second-order valence-electron chi connectivity index (χ2n) is 4.35. The largest absolute Gasteiger partial charge is 0.416 e. The maximum absolute atomic E-state index is 11.8. The Hall–Kier alpha value is -2.42. The maximum atomic E-state index is 11.8. The van der Waals surface area contributed by atoms with Crippen LogP contribution in [-0.4, -0.2) is 26.8 Å². The van der Waals surface area contributed by atoms with E-state index >= 15 is 0 Å². The molecular formula is C13H14N4O4S. The SMILES string of the molecule is CCCc1nnc(SCC(=O)Nc2ccc([N+](=O)[O-])cc2)o1. The van der Waals surface area contributed by atoms with Crippen molar-refractivity contribution in [2.45, 2.75) is 25.0 Å². The molecule has 0 saturated heterocycles. The lowest BCUT2D eigenvalue weighted by molar-refractivity contribution is -0.384. The van der Waals surface area contributed by atoms with Gasteiger partial charge in [0.1, 0.15) is 0 Å². The number of nitrogens with one attached hydrogen (secondary N) is 1. The first-order valence-corrected chi connectivity index (χ1v) is 7.56. The van der Waals surface area contributed by atoms with Crippen molar-refractivity contribution in [1.82, 2.24) is 10.2 Å². The molecule has 0 aliphatic rings. The molecule has 0 bridgehead atoms. The van der Waals surface area contributed by atoms with Gasteiger partial charge in [-0.15, -0.1) is 10.2 Å². The van der Waals surface area contributed by atoms with E-state index in [0.717, 1.165) is 18.2 Å². The molecule has 1 aromatic heterocycles. The van der Waals surface area contributed by atoms with Crippen molar-refractivity contribution in [1.29, 1.82) is 0 Å². The monoisotopic (exact) mass is 322 g/mol. The molecule has 0 saturated carbocycles. The summed E-state index contributed by atoms with van der Waals surface area (Å²) in [5, 5.41) is 21.2. The number of anilines is 1. The average molecular weight is 322 g/mol. The molecule has 2 aromatic rings. The molecule has 0 spiro atoms. The molecule has 1 heterocycles. The summed E-state index contributed by atoms with van der Waals surface area (Å²) >= 11 is 1.14. The third-order valence-electron chi connectivity index (χ3n) is 2.60. The molecule has 2 rings (SSSR count). The molecular weight excluding hydrogens is 308 g/mol. The van der Waals surface area contributed by atoms with Crippen molar-refractivity contribution in [2.24, 2.45) is 0 Å². The first-order chi connectivity index (χ1) is 10.6. The Bertz CT molecular complexity index is 656. The molecule has 0 unspecified atom stereocenters. The summed E-state index contributed by atoms with van der Waals surface area (Å²) in [6.07, 6.45) is 1.62. The van der Waals surface area contributed by atoms with Gasteiger partial charge in [0, 0.05) is 24.2 Å². The third kappa shape index (κ3) is 4.55. The zero-order valence-corrected chi connectivity index (χ0v) is 12.6. The third-order valence-corrected chi connectivity index (χ3v) is 3.42. The highest BCUT2D eigenvalue weighted by Crippen LogP contribution is 2.18. The molecule has 9 heteroatoms. The Morgan fingerprint density at radius 2 is 2.09 bits per heavy atom. The Balaban J connectivity index is 1.83. The summed E-state index contributed by atoms with van der Waals surface area (Å²) in [5.41, 5.74) is 0.468. The minimum absolute atomic E-state index is 0.0262. The van der Waals surface area contributed by atoms with Crippen molar-refractivity contribution in [2.75, 3.05) is 11.1 Å². The Kier molecular flexibility index (Phi) is 5.48. The summed E-state index contributed by atoms with van der Waals surface area (Å²) in [6.45, 7) is 2.01. The number of thioether (sulfide) groups is 1. The van der Waals surface area contributed by atoms with Gasteiger partial charge >= 0.3 is 0 Å². The van der Waals surface area contributed by atoms with Crippen LogP contribution in [0.4, 0.5) is 11.4 Å². The fraction of sp³-hybridized carbons (Fsp3) is 0.308. The maximum Gasteiger partial charge on any atom is 0.277 e. The van der Waals surface area contributed by atoms with Crippen molar-refractivity contribution >= 4 is 29.0 Å². The number of amides is 1. The highest BCUT2D eigenvalue weighted by molar-refractivity contribution is 7.99. The number of non-ortho nitro benzene ring substituents is 1. The van der Waals surface area contributed by atoms with Gasteiger partial charge in [0.05, 0.1) is 10.7 Å². The van der Waals surface area contributed by atoms with Crippen LogP contribution >= 0.6 is 11.8 Å². The number of nitro benzene ring substituents is 1. The number of rotatable bonds is 7. The van der Waals surface area contributed by atoms with Crippen molar-refractivity contribution < 1.29 is 14.1 Å². The number of aromatic nitrogens is 2. The minimum atomic E-state index is -0.495. The van der Waals surface area contributed by atoms with Crippen LogP contribution in [0.1, 0.15) is 19.2 Å². The number of nitrogens with zero attached hydrogens (tertiary/aromatic N) is 3. The predicted molar refractivity (Wildman–Crippen MR) is 80.7 cm³/mol. The summed E-state index contributed by atoms with van der Waals surface area (Å²) < 4.78 is 5.35. The van der Waals surface area contributed by atoms with E-state index in [-0.39, 0.29) is 17.3 Å². The highest BCUT2D eigenvalue weighted by Gasteiger charge is 2.10. The molecule has 116 valence electrons. The second kappa shape index (κ2) is 7.55. The zero-order chi connectivity index (χ0) is 15.9. The summed E-state index contributed by atoms with van der Waals surface area (Å²) in [6, 6.07) is 5.62. The van der Waals surface area contributed by atoms with E-state index in [1.807, 2.05) is 6.92 Å². The van der Waals surface area contributed by atoms with E-state index in [2.05, 4.69) is 15.5 Å². The summed E-state index contributed by atoms with van der Waals surface area (Å²) in [7, 11) is 0. The van der Waals surface area contributed by atoms with Gasteiger partial charge in [-0.3, -0.25) is 14.9 Å². The predicted octanol–water partition coefficient (Wildman–Crippen LogP) is 2.66. The van der Waals surface area contributed by atoms with Crippen LogP contribution in [0.3, 0.4) is 0 Å². The van der Waals surface area contributed by atoms with Crippen molar-refractivity contribution in [3.8, 4) is 0 Å². The van der Waals surface area contributed by atoms with E-state index < -0.39 is 4.92 Å². The van der Waals surface area contributed by atoms with E-state index in [0.29, 0.717) is 23.2 Å². The van der Waals surface area contributed by atoms with E-state index in [1.165, 1.54) is 24.3 Å². The van der Waals surface area contributed by atoms with E-state index in [4.69, 9.17) is 4.42 Å². The van der Waals surface area contributed by atoms with Gasteiger partial charge in [0.25, 0.3) is 10.9 Å². The van der Waals surface area contributed by atoms with Crippen LogP contribution in [0.25, 0.3) is 0 Å². The van der Waals surface area contributed by atoms with Crippen LogP contribution in [0.2, 0.25) is 0 Å². The number of benzene rings is 1. The first-order valence-electron chi connectivity index (χ1n) is 6.58. The highest BCUT2D eigenvalue weighted by atomic mass is 32.2. The van der Waals surface area contributed by atoms with Crippen molar-refractivity contribution in [3.05, 3.63) is 40.3 Å². The fourth-order valence-corrected chi connectivity index (χ4v) is 2.18. The molecule has 1 aromatic carbocycles. The number of carbonyl (C=O) groups excluding carboxylic acids is 1. The summed E-state index contributed by atoms with van der Waals surface area (Å²) in [5.74, 6) is 0.417. The molecule has 1 N–H and O–H groups in total. The average Bonchev–Trinajstić information content (AvgIpc) is 2.94. The molecule has 22 heavy (non-hydrogen) atoms. The summed E-state index contributed by atoms with van der Waals surface area (Å²) in [4.78, 5) is 21.8. The quantitative estimate of drug-likeness (QED) is 0.474. The number of nitro groups is 1. The van der Waals surface area contributed by atoms with Gasteiger partial charge in [0.15, 0.2) is 0 Å². The molecule has 0 aliphatic carbocycles. The van der Waals surface area contributed by atoms with Gasteiger partial charge in [-0.2, -0.15) is 0 Å². The smallest absolute Gasteiger partial charge is 0.277 e. The lowest BCUT2D eigenvalue weighted by Gasteiger charge is -2.03. The molecule has 0 atom stereocenters. The number of carbonyl (C=O) groups is 1. The molecule has 0 fully saturated rings. The Morgan fingerprint density at radius 1 is 1.36 bits per heavy atom. The van der Waals surface area contributed by atoms with Gasteiger partial charge < -0.3 is 9.73 Å². The fourth-order valence-electron chi connectivity index (χ4n) is 1.60. The molecule has 8 nitrogen and oxygen atoms in total. The number of aryl methyl sites for hydroxylation is 1. The van der Waals surface area contributed by atoms with Crippen LogP contribution in [0.15, 0.2) is 33.9 Å². The molecule has 0 aliphatic heterocycles. The van der Waals surface area contributed by atoms with Gasteiger partial charge in [-0.1, -0.05) is 18.7 Å². The van der Waals surface area contributed by atoms with E-state index in [1.54, 1.807) is 0 Å². The van der Waals surface area contributed by atoms with Crippen LogP contribution < -0.4 is 5.32 Å². The van der Waals surface area contributed by atoms with Crippen LogP contribution in [0, 0.1) is 10.1 Å². The van der Waals surface area contributed by atoms with Crippen LogP contribution in [-0.2, 0) is 11.2 Å². The van der Waals surface area contributed by atoms with Gasteiger partial charge in [-0.05, 0) is 18.6 Å². The molecule has 1 amide bonds. The topological polar surface area (TPSA) is 111 Å².